The molecule has 0 aliphatic carbocycles. The van der Waals surface area contributed by atoms with Gasteiger partial charge in [0.1, 0.15) is 11.6 Å². The number of hydrogen-bond donors (Lipinski definition) is 0. The first-order valence-electron chi connectivity index (χ1n) is 10.3. The highest BCUT2D eigenvalue weighted by atomic mass is 16.5. The van der Waals surface area contributed by atoms with Crippen molar-refractivity contribution in [2.24, 2.45) is 5.92 Å². The van der Waals surface area contributed by atoms with Crippen molar-refractivity contribution in [1.29, 1.82) is 0 Å². The van der Waals surface area contributed by atoms with Crippen LogP contribution < -0.4 is 14.5 Å². The normalized spacial score (nSPS) is 18.0. The van der Waals surface area contributed by atoms with E-state index in [0.717, 1.165) is 63.7 Å². The van der Waals surface area contributed by atoms with Crippen LogP contribution in [-0.4, -0.2) is 72.1 Å². The van der Waals surface area contributed by atoms with E-state index in [1.807, 2.05) is 35.4 Å². The molecule has 8 heteroatoms. The predicted molar refractivity (Wildman–Crippen MR) is 111 cm³/mol. The molecule has 8 nitrogen and oxygen atoms in total. The summed E-state index contributed by atoms with van der Waals surface area (Å²) in [6, 6.07) is 8.26. The number of carbonyl (C=O) groups excluding carboxylic acids is 1. The van der Waals surface area contributed by atoms with Crippen molar-refractivity contribution < 1.29 is 9.53 Å². The Bertz CT molecular complexity index is 802. The minimum atomic E-state index is 0.285. The fraction of sp³-hybridized carbons (Fsp3) is 0.524. The maximum Gasteiger partial charge on any atom is 0.318 e. The van der Waals surface area contributed by atoms with E-state index in [4.69, 9.17) is 4.74 Å². The smallest absolute Gasteiger partial charge is 0.318 e. The van der Waals surface area contributed by atoms with E-state index in [1.165, 1.54) is 0 Å². The van der Waals surface area contributed by atoms with Gasteiger partial charge in [-0.25, -0.2) is 9.97 Å². The molecule has 2 aromatic rings. The first-order valence-corrected chi connectivity index (χ1v) is 10.3. The van der Waals surface area contributed by atoms with Crippen molar-refractivity contribution in [1.82, 2.24) is 19.9 Å². The van der Waals surface area contributed by atoms with Crippen LogP contribution >= 0.6 is 0 Å². The number of pyridine rings is 1. The molecule has 4 heterocycles. The van der Waals surface area contributed by atoms with Gasteiger partial charge in [0.05, 0.1) is 7.11 Å². The molecule has 2 aliphatic rings. The van der Waals surface area contributed by atoms with Crippen LogP contribution in [0, 0.1) is 5.92 Å². The Kier molecular flexibility index (Phi) is 6.07. The average molecular weight is 396 g/mol. The Hall–Kier alpha value is -2.90. The third-order valence-electron chi connectivity index (χ3n) is 5.81. The summed E-state index contributed by atoms with van der Waals surface area (Å²) in [6.07, 6.45) is 6.20. The van der Waals surface area contributed by atoms with Gasteiger partial charge in [0.25, 0.3) is 0 Å². The Morgan fingerprint density at radius 2 is 1.72 bits per heavy atom. The monoisotopic (exact) mass is 396 g/mol. The number of methoxy groups -OCH3 is 1. The molecule has 154 valence electrons. The molecule has 0 unspecified atom stereocenters. The third kappa shape index (κ3) is 4.75. The summed E-state index contributed by atoms with van der Waals surface area (Å²) in [5, 5.41) is 0. The molecule has 0 spiro atoms. The summed E-state index contributed by atoms with van der Waals surface area (Å²) in [5.74, 6) is 2.62. The Morgan fingerprint density at radius 1 is 0.966 bits per heavy atom. The van der Waals surface area contributed by atoms with E-state index in [2.05, 4.69) is 24.8 Å². The molecule has 0 aromatic carbocycles. The number of nitrogens with zero attached hydrogens (tertiary/aromatic N) is 6. The van der Waals surface area contributed by atoms with E-state index >= 15 is 0 Å². The number of piperazine rings is 1. The Balaban J connectivity index is 1.23. The maximum absolute atomic E-state index is 12.8. The fourth-order valence-electron chi connectivity index (χ4n) is 4.07. The topological polar surface area (TPSA) is 74.7 Å². The first kappa shape index (κ1) is 19.4. The highest BCUT2D eigenvalue weighted by Crippen LogP contribution is 2.25. The van der Waals surface area contributed by atoms with Crippen molar-refractivity contribution in [2.75, 3.05) is 56.2 Å². The number of rotatable bonds is 5. The van der Waals surface area contributed by atoms with E-state index in [9.17, 15) is 4.79 Å². The van der Waals surface area contributed by atoms with Gasteiger partial charge in [-0.1, -0.05) is 6.07 Å². The predicted octanol–water partition coefficient (Wildman–Crippen LogP) is 1.84. The van der Waals surface area contributed by atoms with Crippen molar-refractivity contribution in [3.8, 4) is 6.01 Å². The molecule has 1 amide bonds. The van der Waals surface area contributed by atoms with Crippen molar-refractivity contribution in [2.45, 2.75) is 19.3 Å². The highest BCUT2D eigenvalue weighted by molar-refractivity contribution is 5.76. The molecule has 29 heavy (non-hydrogen) atoms. The van der Waals surface area contributed by atoms with E-state index in [1.54, 1.807) is 13.3 Å². The maximum atomic E-state index is 12.8. The van der Waals surface area contributed by atoms with Crippen LogP contribution in [-0.2, 0) is 4.79 Å². The zero-order chi connectivity index (χ0) is 20.1. The van der Waals surface area contributed by atoms with Crippen LogP contribution in [0.2, 0.25) is 0 Å². The van der Waals surface area contributed by atoms with Crippen molar-refractivity contribution in [3.05, 3.63) is 36.7 Å². The number of carbonyl (C=O) groups is 1. The molecule has 0 N–H and O–H groups in total. The van der Waals surface area contributed by atoms with Crippen molar-refractivity contribution >= 4 is 17.5 Å². The largest absolute Gasteiger partial charge is 0.467 e. The van der Waals surface area contributed by atoms with Crippen LogP contribution in [0.15, 0.2) is 36.7 Å². The number of ether oxygens (including phenoxy) is 1. The summed E-state index contributed by atoms with van der Waals surface area (Å²) < 4.78 is 5.12. The summed E-state index contributed by atoms with van der Waals surface area (Å²) in [5.41, 5.74) is 0. The fourth-order valence-corrected chi connectivity index (χ4v) is 4.07. The second kappa shape index (κ2) is 9.07. The van der Waals surface area contributed by atoms with E-state index in [0.29, 0.717) is 18.3 Å². The lowest BCUT2D eigenvalue weighted by Gasteiger charge is -2.37. The number of amides is 1. The van der Waals surface area contributed by atoms with Gasteiger partial charge in [-0.2, -0.15) is 4.98 Å². The molecule has 0 radical (unpaired) electrons. The van der Waals surface area contributed by atoms with Gasteiger partial charge in [-0.3, -0.25) is 4.79 Å². The lowest BCUT2D eigenvalue weighted by Crippen LogP contribution is -2.49. The number of piperidine rings is 1. The van der Waals surface area contributed by atoms with Gasteiger partial charge < -0.3 is 19.4 Å². The number of hydrogen-bond acceptors (Lipinski definition) is 7. The lowest BCUT2D eigenvalue weighted by molar-refractivity contribution is -0.132. The molecule has 2 fully saturated rings. The summed E-state index contributed by atoms with van der Waals surface area (Å²) >= 11 is 0. The van der Waals surface area contributed by atoms with Crippen LogP contribution in [0.5, 0.6) is 6.01 Å². The third-order valence-corrected chi connectivity index (χ3v) is 5.81. The molecule has 0 atom stereocenters. The summed E-state index contributed by atoms with van der Waals surface area (Å²) in [6.45, 7) is 5.05. The Labute approximate surface area is 171 Å². The lowest BCUT2D eigenvalue weighted by atomic mass is 9.93. The SMILES string of the molecule is COc1nccc(N2CCC(CC(=O)N3CCN(c4ccccn4)CC3)CC2)n1. The minimum absolute atomic E-state index is 0.285. The van der Waals surface area contributed by atoms with Gasteiger partial charge in [0.15, 0.2) is 0 Å². The zero-order valence-electron chi connectivity index (χ0n) is 16.9. The zero-order valence-corrected chi connectivity index (χ0v) is 16.9. The summed E-state index contributed by atoms with van der Waals surface area (Å²) in [7, 11) is 1.58. The quantitative estimate of drug-likeness (QED) is 0.763. The molecule has 4 rings (SSSR count). The van der Waals surface area contributed by atoms with E-state index < -0.39 is 0 Å². The average Bonchev–Trinajstić information content (AvgIpc) is 2.80. The van der Waals surface area contributed by atoms with Gasteiger partial charge in [-0.05, 0) is 37.0 Å². The molecular weight excluding hydrogens is 368 g/mol. The molecule has 2 aliphatic heterocycles. The van der Waals surface area contributed by atoms with Crippen molar-refractivity contribution in [3.63, 3.8) is 0 Å². The number of aromatic nitrogens is 3. The van der Waals surface area contributed by atoms with Crippen LogP contribution in [0.4, 0.5) is 11.6 Å². The van der Waals surface area contributed by atoms with Crippen LogP contribution in [0.1, 0.15) is 19.3 Å². The van der Waals surface area contributed by atoms with Gasteiger partial charge in [-0.15, -0.1) is 0 Å². The van der Waals surface area contributed by atoms with Gasteiger partial charge in [0.2, 0.25) is 5.91 Å². The second-order valence-corrected chi connectivity index (χ2v) is 7.59. The second-order valence-electron chi connectivity index (χ2n) is 7.59. The summed E-state index contributed by atoms with van der Waals surface area (Å²) in [4.78, 5) is 32.2. The van der Waals surface area contributed by atoms with Gasteiger partial charge >= 0.3 is 6.01 Å². The molecule has 2 saturated heterocycles. The highest BCUT2D eigenvalue weighted by Gasteiger charge is 2.27. The van der Waals surface area contributed by atoms with E-state index in [-0.39, 0.29) is 5.91 Å². The standard InChI is InChI=1S/C21H28N6O2/c1-29-21-23-9-5-19(24-21)25-10-6-17(7-11-25)16-20(28)27-14-12-26(13-15-27)18-4-2-3-8-22-18/h2-5,8-9,17H,6-7,10-16H2,1H3. The van der Waals surface area contributed by atoms with Crippen LogP contribution in [0.3, 0.4) is 0 Å². The Morgan fingerprint density at radius 3 is 2.41 bits per heavy atom. The molecular formula is C21H28N6O2. The first-order chi connectivity index (χ1) is 14.2. The molecule has 0 saturated carbocycles. The minimum Gasteiger partial charge on any atom is -0.467 e. The number of anilines is 2. The molecule has 2 aromatic heterocycles. The van der Waals surface area contributed by atoms with Crippen LogP contribution in [0.25, 0.3) is 0 Å². The molecule has 0 bridgehead atoms. The van der Waals surface area contributed by atoms with Gasteiger partial charge in [0, 0.05) is 58.1 Å².